The molecule has 7 nitrogen and oxygen atoms in total. The summed E-state index contributed by atoms with van der Waals surface area (Å²) in [6.45, 7) is 1.73. The number of nitrogens with one attached hydrogen (secondary N) is 1. The third-order valence-electron chi connectivity index (χ3n) is 3.08. The molecule has 0 atom stereocenters. The zero-order valence-electron chi connectivity index (χ0n) is 13.2. The molecule has 0 aliphatic heterocycles. The van der Waals surface area contributed by atoms with E-state index in [9.17, 15) is 9.59 Å². The Kier molecular flexibility index (Phi) is 5.24. The van der Waals surface area contributed by atoms with Crippen LogP contribution in [0.4, 0.5) is 5.82 Å². The lowest BCUT2D eigenvalue weighted by Gasteiger charge is -2.17. The second-order valence-corrected chi connectivity index (χ2v) is 4.93. The van der Waals surface area contributed by atoms with E-state index in [0.717, 1.165) is 5.69 Å². The first kappa shape index (κ1) is 16.4. The summed E-state index contributed by atoms with van der Waals surface area (Å²) in [4.78, 5) is 33.9. The van der Waals surface area contributed by atoms with E-state index in [1.807, 2.05) is 13.0 Å². The molecule has 7 heteroatoms. The van der Waals surface area contributed by atoms with E-state index in [1.54, 1.807) is 24.3 Å². The standard InChI is InChI=1S/C16H18N4O3/c1-11-6-4-8-13(18-11)19-14(21)10-20(2)16(22)12-7-5-9-17-15(12)23-3/h4-9H,10H2,1-3H3,(H,18,19,21). The van der Waals surface area contributed by atoms with Gasteiger partial charge >= 0.3 is 0 Å². The summed E-state index contributed by atoms with van der Waals surface area (Å²) >= 11 is 0. The molecule has 0 unspecified atom stereocenters. The summed E-state index contributed by atoms with van der Waals surface area (Å²) in [5.41, 5.74) is 1.10. The number of pyridine rings is 2. The van der Waals surface area contributed by atoms with E-state index in [-0.39, 0.29) is 24.2 Å². The summed E-state index contributed by atoms with van der Waals surface area (Å²) in [5, 5.41) is 2.66. The van der Waals surface area contributed by atoms with Crippen LogP contribution in [0.1, 0.15) is 16.1 Å². The van der Waals surface area contributed by atoms with Crippen molar-refractivity contribution in [1.29, 1.82) is 0 Å². The number of hydrogen-bond acceptors (Lipinski definition) is 5. The van der Waals surface area contributed by atoms with E-state index in [1.165, 1.54) is 25.3 Å². The minimum absolute atomic E-state index is 0.105. The number of likely N-dealkylation sites (N-methyl/N-ethyl adjacent to an activating group) is 1. The predicted octanol–water partition coefficient (Wildman–Crippen LogP) is 1.50. The summed E-state index contributed by atoms with van der Waals surface area (Å²) < 4.78 is 5.06. The van der Waals surface area contributed by atoms with Crippen LogP contribution in [0.3, 0.4) is 0 Å². The number of rotatable bonds is 5. The van der Waals surface area contributed by atoms with Crippen LogP contribution in [-0.2, 0) is 4.79 Å². The number of aromatic nitrogens is 2. The Morgan fingerprint density at radius 2 is 2.04 bits per heavy atom. The van der Waals surface area contributed by atoms with Crippen molar-refractivity contribution in [2.45, 2.75) is 6.92 Å². The predicted molar refractivity (Wildman–Crippen MR) is 85.4 cm³/mol. The highest BCUT2D eigenvalue weighted by Gasteiger charge is 2.19. The molecular formula is C16H18N4O3. The van der Waals surface area contributed by atoms with Crippen molar-refractivity contribution in [1.82, 2.24) is 14.9 Å². The summed E-state index contributed by atoms with van der Waals surface area (Å²) in [6.07, 6.45) is 1.53. The van der Waals surface area contributed by atoms with Gasteiger partial charge < -0.3 is 15.0 Å². The fraction of sp³-hybridized carbons (Fsp3) is 0.250. The summed E-state index contributed by atoms with van der Waals surface area (Å²) in [5.74, 6) is 0.00373. The van der Waals surface area contributed by atoms with Gasteiger partial charge in [0.25, 0.3) is 5.91 Å². The second-order valence-electron chi connectivity index (χ2n) is 4.93. The molecule has 0 aliphatic carbocycles. The first-order valence-electron chi connectivity index (χ1n) is 6.99. The van der Waals surface area contributed by atoms with Crippen LogP contribution < -0.4 is 10.1 Å². The Labute approximate surface area is 134 Å². The number of aryl methyl sites for hydroxylation is 1. The lowest BCUT2D eigenvalue weighted by atomic mass is 10.2. The average Bonchev–Trinajstić information content (AvgIpc) is 2.53. The Bertz CT molecular complexity index is 718. The van der Waals surface area contributed by atoms with Gasteiger partial charge in [0.15, 0.2) is 0 Å². The fourth-order valence-corrected chi connectivity index (χ4v) is 2.00. The fourth-order valence-electron chi connectivity index (χ4n) is 2.00. The molecule has 0 saturated carbocycles. The molecule has 0 aliphatic rings. The lowest BCUT2D eigenvalue weighted by molar-refractivity contribution is -0.116. The first-order valence-corrected chi connectivity index (χ1v) is 6.99. The van der Waals surface area contributed by atoms with Crippen LogP contribution in [0.15, 0.2) is 36.5 Å². The SMILES string of the molecule is COc1ncccc1C(=O)N(C)CC(=O)Nc1cccc(C)n1. The Morgan fingerprint density at radius 3 is 2.74 bits per heavy atom. The highest BCUT2D eigenvalue weighted by molar-refractivity contribution is 6.00. The van der Waals surface area contributed by atoms with Crippen molar-refractivity contribution in [3.63, 3.8) is 0 Å². The number of amides is 2. The van der Waals surface area contributed by atoms with Gasteiger partial charge in [0, 0.05) is 18.9 Å². The van der Waals surface area contributed by atoms with E-state index >= 15 is 0 Å². The largest absolute Gasteiger partial charge is 0.480 e. The molecular weight excluding hydrogens is 296 g/mol. The normalized spacial score (nSPS) is 10.0. The van der Waals surface area contributed by atoms with Gasteiger partial charge in [0.05, 0.1) is 13.7 Å². The lowest BCUT2D eigenvalue weighted by Crippen LogP contribution is -2.35. The molecule has 2 rings (SSSR count). The maximum absolute atomic E-state index is 12.4. The minimum Gasteiger partial charge on any atom is -0.480 e. The number of ether oxygens (including phenoxy) is 1. The summed E-state index contributed by atoms with van der Waals surface area (Å²) in [6, 6.07) is 8.56. The van der Waals surface area contributed by atoms with Crippen LogP contribution in [0.25, 0.3) is 0 Å². The topological polar surface area (TPSA) is 84.4 Å². The highest BCUT2D eigenvalue weighted by Crippen LogP contribution is 2.15. The molecule has 2 amide bonds. The maximum Gasteiger partial charge on any atom is 0.259 e. The second kappa shape index (κ2) is 7.35. The van der Waals surface area contributed by atoms with Gasteiger partial charge in [0.2, 0.25) is 11.8 Å². The number of hydrogen-bond donors (Lipinski definition) is 1. The molecule has 0 fully saturated rings. The monoisotopic (exact) mass is 314 g/mol. The Hall–Kier alpha value is -2.96. The quantitative estimate of drug-likeness (QED) is 0.904. The van der Waals surface area contributed by atoms with Gasteiger partial charge in [-0.3, -0.25) is 9.59 Å². The molecule has 2 aromatic rings. The average molecular weight is 314 g/mol. The first-order chi connectivity index (χ1) is 11.0. The zero-order chi connectivity index (χ0) is 16.8. The van der Waals surface area contributed by atoms with Crippen molar-refractivity contribution in [3.05, 3.63) is 47.8 Å². The Balaban J connectivity index is 2.02. The third-order valence-corrected chi connectivity index (χ3v) is 3.08. The van der Waals surface area contributed by atoms with Gasteiger partial charge in [-0.25, -0.2) is 9.97 Å². The van der Waals surface area contributed by atoms with Crippen LogP contribution in [0.2, 0.25) is 0 Å². The molecule has 0 bridgehead atoms. The van der Waals surface area contributed by atoms with Gasteiger partial charge in [-0.1, -0.05) is 6.07 Å². The smallest absolute Gasteiger partial charge is 0.259 e. The third kappa shape index (κ3) is 4.26. The molecule has 0 radical (unpaired) electrons. The van der Waals surface area contributed by atoms with E-state index < -0.39 is 0 Å². The Morgan fingerprint density at radius 1 is 1.26 bits per heavy atom. The van der Waals surface area contributed by atoms with Crippen LogP contribution in [-0.4, -0.2) is 47.4 Å². The number of carbonyl (C=O) groups excluding carboxylic acids is 2. The van der Waals surface area contributed by atoms with Crippen molar-refractivity contribution in [2.75, 3.05) is 26.0 Å². The minimum atomic E-state index is -0.345. The van der Waals surface area contributed by atoms with Gasteiger partial charge in [-0.15, -0.1) is 0 Å². The van der Waals surface area contributed by atoms with Crippen LogP contribution in [0, 0.1) is 6.92 Å². The van der Waals surface area contributed by atoms with Gasteiger partial charge in [-0.2, -0.15) is 0 Å². The number of anilines is 1. The summed E-state index contributed by atoms with van der Waals surface area (Å²) in [7, 11) is 2.98. The molecule has 2 aromatic heterocycles. The van der Waals surface area contributed by atoms with Crippen LogP contribution in [0.5, 0.6) is 5.88 Å². The zero-order valence-corrected chi connectivity index (χ0v) is 13.2. The van der Waals surface area contributed by atoms with Crippen LogP contribution >= 0.6 is 0 Å². The van der Waals surface area contributed by atoms with Gasteiger partial charge in [-0.05, 0) is 31.2 Å². The molecule has 23 heavy (non-hydrogen) atoms. The maximum atomic E-state index is 12.4. The number of methoxy groups -OCH3 is 1. The van der Waals surface area contributed by atoms with Crippen molar-refractivity contribution in [3.8, 4) is 5.88 Å². The number of carbonyl (C=O) groups is 2. The molecule has 0 aromatic carbocycles. The molecule has 2 heterocycles. The molecule has 0 spiro atoms. The van der Waals surface area contributed by atoms with Crippen molar-refractivity contribution < 1.29 is 14.3 Å². The van der Waals surface area contributed by atoms with Gasteiger partial charge in [0.1, 0.15) is 11.4 Å². The van der Waals surface area contributed by atoms with E-state index in [2.05, 4.69) is 15.3 Å². The van der Waals surface area contributed by atoms with Crippen molar-refractivity contribution in [2.24, 2.45) is 0 Å². The van der Waals surface area contributed by atoms with Crippen molar-refractivity contribution >= 4 is 17.6 Å². The van der Waals surface area contributed by atoms with E-state index in [4.69, 9.17) is 4.74 Å². The highest BCUT2D eigenvalue weighted by atomic mass is 16.5. The molecule has 0 saturated heterocycles. The molecule has 120 valence electrons. The number of nitrogens with zero attached hydrogens (tertiary/aromatic N) is 3. The molecule has 1 N–H and O–H groups in total. The van der Waals surface area contributed by atoms with E-state index in [0.29, 0.717) is 11.4 Å².